The number of nitrogens with zero attached hydrogens (tertiary/aromatic N) is 2. The van der Waals surface area contributed by atoms with Crippen molar-refractivity contribution in [2.45, 2.75) is 6.54 Å². The van der Waals surface area contributed by atoms with Gasteiger partial charge in [0.05, 0.1) is 19.3 Å². The maximum atomic E-state index is 13.7. The average molecular weight is 316 g/mol. The molecule has 0 radical (unpaired) electrons. The Hall–Kier alpha value is -2.56. The first-order chi connectivity index (χ1) is 11.0. The highest BCUT2D eigenvalue weighted by atomic mass is 19.1. The smallest absolute Gasteiger partial charge is 0.242 e. The summed E-state index contributed by atoms with van der Waals surface area (Å²) in [7, 11) is 5.09. The van der Waals surface area contributed by atoms with Crippen molar-refractivity contribution in [2.24, 2.45) is 0 Å². The summed E-state index contributed by atoms with van der Waals surface area (Å²) in [4.78, 5) is 15.7. The van der Waals surface area contributed by atoms with Crippen LogP contribution in [-0.4, -0.2) is 38.6 Å². The monoisotopic (exact) mass is 316 g/mol. The third-order valence-corrected chi connectivity index (χ3v) is 3.66. The summed E-state index contributed by atoms with van der Waals surface area (Å²) in [6, 6.07) is 14.0. The molecule has 2 aromatic rings. The Morgan fingerprint density at radius 3 is 2.43 bits per heavy atom. The van der Waals surface area contributed by atoms with Crippen molar-refractivity contribution < 1.29 is 13.9 Å². The van der Waals surface area contributed by atoms with Crippen LogP contribution in [0, 0.1) is 5.82 Å². The van der Waals surface area contributed by atoms with Crippen LogP contribution in [-0.2, 0) is 11.3 Å². The molecule has 0 aromatic heterocycles. The summed E-state index contributed by atoms with van der Waals surface area (Å²) < 4.78 is 19.0. The number of methoxy groups -OCH3 is 1. The van der Waals surface area contributed by atoms with Gasteiger partial charge in [-0.25, -0.2) is 4.39 Å². The van der Waals surface area contributed by atoms with Crippen LogP contribution in [0.4, 0.5) is 10.1 Å². The van der Waals surface area contributed by atoms with Gasteiger partial charge in [-0.05, 0) is 18.2 Å². The molecular weight excluding hydrogens is 295 g/mol. The maximum Gasteiger partial charge on any atom is 0.242 e. The molecule has 0 saturated heterocycles. The number of carbonyl (C=O) groups is 1. The van der Waals surface area contributed by atoms with Crippen molar-refractivity contribution in [1.82, 2.24) is 4.90 Å². The van der Waals surface area contributed by atoms with Gasteiger partial charge in [0.15, 0.2) is 0 Å². The number of likely N-dealkylation sites (N-methyl/N-ethyl adjacent to an activating group) is 2. The molecule has 2 rings (SSSR count). The minimum atomic E-state index is -0.301. The van der Waals surface area contributed by atoms with E-state index in [0.717, 1.165) is 5.69 Å². The number of ether oxygens (including phenoxy) is 1. The van der Waals surface area contributed by atoms with Gasteiger partial charge in [0.2, 0.25) is 5.91 Å². The summed E-state index contributed by atoms with van der Waals surface area (Å²) in [6.45, 7) is 0.427. The Balaban J connectivity index is 2.02. The fraction of sp³-hybridized carbons (Fsp3) is 0.278. The molecule has 122 valence electrons. The summed E-state index contributed by atoms with van der Waals surface area (Å²) in [5.74, 6) is 0.312. The van der Waals surface area contributed by atoms with Crippen LogP contribution in [0.15, 0.2) is 48.5 Å². The van der Waals surface area contributed by atoms with Gasteiger partial charge in [0.25, 0.3) is 0 Å². The lowest BCUT2D eigenvalue weighted by atomic mass is 10.2. The summed E-state index contributed by atoms with van der Waals surface area (Å²) >= 11 is 0. The van der Waals surface area contributed by atoms with Crippen molar-refractivity contribution >= 4 is 11.6 Å². The van der Waals surface area contributed by atoms with Crippen molar-refractivity contribution in [3.63, 3.8) is 0 Å². The third-order valence-electron chi connectivity index (χ3n) is 3.66. The van der Waals surface area contributed by atoms with Gasteiger partial charge < -0.3 is 14.5 Å². The van der Waals surface area contributed by atoms with E-state index in [0.29, 0.717) is 11.3 Å². The molecule has 0 fully saturated rings. The molecule has 0 aliphatic heterocycles. The number of para-hydroxylation sites is 2. The van der Waals surface area contributed by atoms with E-state index in [4.69, 9.17) is 4.74 Å². The highest BCUT2D eigenvalue weighted by Gasteiger charge is 2.16. The minimum Gasteiger partial charge on any atom is -0.495 e. The predicted octanol–water partition coefficient (Wildman–Crippen LogP) is 2.93. The zero-order valence-corrected chi connectivity index (χ0v) is 13.6. The number of anilines is 1. The molecule has 5 heteroatoms. The van der Waals surface area contributed by atoms with Crippen LogP contribution in [0.1, 0.15) is 5.56 Å². The van der Waals surface area contributed by atoms with Crippen LogP contribution in [0.25, 0.3) is 0 Å². The van der Waals surface area contributed by atoms with Crippen molar-refractivity contribution in [1.29, 1.82) is 0 Å². The van der Waals surface area contributed by atoms with Crippen LogP contribution < -0.4 is 9.64 Å². The second kappa shape index (κ2) is 7.63. The van der Waals surface area contributed by atoms with E-state index in [-0.39, 0.29) is 24.8 Å². The van der Waals surface area contributed by atoms with Gasteiger partial charge in [-0.2, -0.15) is 0 Å². The molecule has 4 nitrogen and oxygen atoms in total. The Labute approximate surface area is 136 Å². The number of hydrogen-bond donors (Lipinski definition) is 0. The average Bonchev–Trinajstić information content (AvgIpc) is 2.56. The first-order valence-corrected chi connectivity index (χ1v) is 7.34. The summed E-state index contributed by atoms with van der Waals surface area (Å²) in [5, 5.41) is 0. The maximum absolute atomic E-state index is 13.7. The van der Waals surface area contributed by atoms with Crippen molar-refractivity contribution in [3.8, 4) is 5.75 Å². The largest absolute Gasteiger partial charge is 0.495 e. The highest BCUT2D eigenvalue weighted by molar-refractivity contribution is 5.81. The van der Waals surface area contributed by atoms with E-state index in [1.807, 2.05) is 36.2 Å². The Bertz CT molecular complexity index is 676. The number of hydrogen-bond acceptors (Lipinski definition) is 3. The first kappa shape index (κ1) is 16.8. The molecule has 0 aliphatic rings. The molecule has 2 aromatic carbocycles. The number of benzene rings is 2. The molecule has 1 amide bonds. The van der Waals surface area contributed by atoms with Gasteiger partial charge in [0.1, 0.15) is 11.6 Å². The summed E-state index contributed by atoms with van der Waals surface area (Å²) in [5.41, 5.74) is 1.34. The Kier molecular flexibility index (Phi) is 5.57. The lowest BCUT2D eigenvalue weighted by molar-refractivity contribution is -0.128. The van der Waals surface area contributed by atoms with Gasteiger partial charge in [-0.3, -0.25) is 4.79 Å². The predicted molar refractivity (Wildman–Crippen MR) is 89.1 cm³/mol. The van der Waals surface area contributed by atoms with E-state index in [1.54, 1.807) is 32.4 Å². The van der Waals surface area contributed by atoms with E-state index in [9.17, 15) is 9.18 Å². The Morgan fingerprint density at radius 1 is 1.09 bits per heavy atom. The molecule has 0 N–H and O–H groups in total. The molecular formula is C18H21FN2O2. The fourth-order valence-corrected chi connectivity index (χ4v) is 2.32. The lowest BCUT2D eigenvalue weighted by Crippen LogP contribution is -2.36. The zero-order valence-electron chi connectivity index (χ0n) is 13.6. The zero-order chi connectivity index (χ0) is 16.8. The van der Waals surface area contributed by atoms with Gasteiger partial charge in [-0.1, -0.05) is 30.3 Å². The lowest BCUT2D eigenvalue weighted by Gasteiger charge is -2.24. The molecule has 0 atom stereocenters. The normalized spacial score (nSPS) is 10.3. The van der Waals surface area contributed by atoms with E-state index in [2.05, 4.69) is 0 Å². The highest BCUT2D eigenvalue weighted by Crippen LogP contribution is 2.26. The standard InChI is InChI=1S/C18H21FN2O2/c1-20(16-10-6-7-11-17(16)23-3)13-18(22)21(2)12-14-8-4-5-9-15(14)19/h4-11H,12-13H2,1-3H3. The third kappa shape index (κ3) is 4.22. The van der Waals surface area contributed by atoms with Crippen LogP contribution in [0.2, 0.25) is 0 Å². The number of rotatable bonds is 6. The topological polar surface area (TPSA) is 32.8 Å². The molecule has 23 heavy (non-hydrogen) atoms. The molecule has 0 bridgehead atoms. The summed E-state index contributed by atoms with van der Waals surface area (Å²) in [6.07, 6.45) is 0. The quantitative estimate of drug-likeness (QED) is 0.821. The van der Waals surface area contributed by atoms with Gasteiger partial charge >= 0.3 is 0 Å². The van der Waals surface area contributed by atoms with Gasteiger partial charge in [-0.15, -0.1) is 0 Å². The number of amides is 1. The van der Waals surface area contributed by atoms with E-state index < -0.39 is 0 Å². The number of halogens is 1. The van der Waals surface area contributed by atoms with Crippen molar-refractivity contribution in [3.05, 3.63) is 59.9 Å². The van der Waals surface area contributed by atoms with Crippen LogP contribution >= 0.6 is 0 Å². The molecule has 0 saturated carbocycles. The SMILES string of the molecule is COc1ccccc1N(C)CC(=O)N(C)Cc1ccccc1F. The van der Waals surface area contributed by atoms with Crippen LogP contribution in [0.3, 0.4) is 0 Å². The second-order valence-corrected chi connectivity index (χ2v) is 5.37. The molecule has 0 heterocycles. The fourth-order valence-electron chi connectivity index (χ4n) is 2.32. The molecule has 0 spiro atoms. The molecule has 0 unspecified atom stereocenters. The van der Waals surface area contributed by atoms with Crippen LogP contribution in [0.5, 0.6) is 5.75 Å². The van der Waals surface area contributed by atoms with E-state index >= 15 is 0 Å². The van der Waals surface area contributed by atoms with E-state index in [1.165, 1.54) is 11.0 Å². The van der Waals surface area contributed by atoms with Gasteiger partial charge in [0, 0.05) is 26.2 Å². The van der Waals surface area contributed by atoms with Crippen molar-refractivity contribution in [2.75, 3.05) is 32.6 Å². The number of carbonyl (C=O) groups excluding carboxylic acids is 1. The Morgan fingerprint density at radius 2 is 1.74 bits per heavy atom. The molecule has 0 aliphatic carbocycles. The second-order valence-electron chi connectivity index (χ2n) is 5.37. The first-order valence-electron chi connectivity index (χ1n) is 7.34. The minimum absolute atomic E-state index is 0.0957.